The standard InChI is InChI=1S/C11H12O2S/c1-7-4-9-10(13-3)5-8(12-2)6-11(9)14-7/h4-6H,1-3H3. The van der Waals surface area contributed by atoms with Crippen molar-refractivity contribution in [1.29, 1.82) is 0 Å². The highest BCUT2D eigenvalue weighted by Gasteiger charge is 2.07. The van der Waals surface area contributed by atoms with Crippen LogP contribution in [0.25, 0.3) is 10.1 Å². The van der Waals surface area contributed by atoms with E-state index in [9.17, 15) is 0 Å². The largest absolute Gasteiger partial charge is 0.497 e. The lowest BCUT2D eigenvalue weighted by atomic mass is 10.2. The lowest BCUT2D eigenvalue weighted by Crippen LogP contribution is -1.86. The van der Waals surface area contributed by atoms with E-state index in [4.69, 9.17) is 9.47 Å². The molecule has 0 spiro atoms. The van der Waals surface area contributed by atoms with E-state index in [-0.39, 0.29) is 0 Å². The van der Waals surface area contributed by atoms with Crippen LogP contribution in [-0.4, -0.2) is 14.2 Å². The number of rotatable bonds is 2. The molecule has 3 heteroatoms. The summed E-state index contributed by atoms with van der Waals surface area (Å²) in [7, 11) is 3.35. The van der Waals surface area contributed by atoms with E-state index < -0.39 is 0 Å². The SMILES string of the molecule is COc1cc(OC)c2cc(C)sc2c1. The molecule has 0 radical (unpaired) electrons. The summed E-state index contributed by atoms with van der Waals surface area (Å²) < 4.78 is 11.7. The fourth-order valence-corrected chi connectivity index (χ4v) is 2.46. The zero-order chi connectivity index (χ0) is 10.1. The van der Waals surface area contributed by atoms with Crippen molar-refractivity contribution < 1.29 is 9.47 Å². The summed E-state index contributed by atoms with van der Waals surface area (Å²) >= 11 is 1.75. The summed E-state index contributed by atoms with van der Waals surface area (Å²) in [6.45, 7) is 2.09. The van der Waals surface area contributed by atoms with Crippen LogP contribution in [0.15, 0.2) is 18.2 Å². The van der Waals surface area contributed by atoms with Gasteiger partial charge in [0, 0.05) is 21.0 Å². The Labute approximate surface area is 87.1 Å². The van der Waals surface area contributed by atoms with Crippen LogP contribution in [0.5, 0.6) is 11.5 Å². The van der Waals surface area contributed by atoms with Gasteiger partial charge in [-0.25, -0.2) is 0 Å². The van der Waals surface area contributed by atoms with Gasteiger partial charge in [0.25, 0.3) is 0 Å². The summed E-state index contributed by atoms with van der Waals surface area (Å²) in [5.41, 5.74) is 0. The molecule has 0 N–H and O–H groups in total. The normalized spacial score (nSPS) is 10.5. The molecule has 1 aromatic heterocycles. The number of fused-ring (bicyclic) bond motifs is 1. The Kier molecular flexibility index (Phi) is 2.33. The second-order valence-corrected chi connectivity index (χ2v) is 4.39. The summed E-state index contributed by atoms with van der Waals surface area (Å²) in [6, 6.07) is 6.09. The highest BCUT2D eigenvalue weighted by Crippen LogP contribution is 2.36. The molecule has 0 atom stereocenters. The fraction of sp³-hybridized carbons (Fsp3) is 0.273. The van der Waals surface area contributed by atoms with Crippen LogP contribution in [0.3, 0.4) is 0 Å². The maximum absolute atomic E-state index is 5.31. The molecule has 0 aliphatic rings. The van der Waals surface area contributed by atoms with Gasteiger partial charge >= 0.3 is 0 Å². The topological polar surface area (TPSA) is 18.5 Å². The van der Waals surface area contributed by atoms with E-state index in [0.29, 0.717) is 0 Å². The van der Waals surface area contributed by atoms with E-state index in [1.807, 2.05) is 12.1 Å². The average Bonchev–Trinajstić information content (AvgIpc) is 2.56. The molecule has 0 amide bonds. The van der Waals surface area contributed by atoms with Crippen LogP contribution in [0.1, 0.15) is 4.88 Å². The number of aryl methyl sites for hydroxylation is 1. The van der Waals surface area contributed by atoms with Crippen molar-refractivity contribution in [2.75, 3.05) is 14.2 Å². The Morgan fingerprint density at radius 1 is 1.07 bits per heavy atom. The monoisotopic (exact) mass is 208 g/mol. The van der Waals surface area contributed by atoms with Crippen molar-refractivity contribution in [3.05, 3.63) is 23.1 Å². The van der Waals surface area contributed by atoms with Gasteiger partial charge in [-0.15, -0.1) is 11.3 Å². The van der Waals surface area contributed by atoms with Crippen molar-refractivity contribution in [1.82, 2.24) is 0 Å². The van der Waals surface area contributed by atoms with E-state index >= 15 is 0 Å². The minimum absolute atomic E-state index is 0.844. The average molecular weight is 208 g/mol. The first-order chi connectivity index (χ1) is 6.74. The lowest BCUT2D eigenvalue weighted by molar-refractivity contribution is 0.398. The predicted octanol–water partition coefficient (Wildman–Crippen LogP) is 3.23. The molecule has 0 saturated carbocycles. The molecular formula is C11H12O2S. The van der Waals surface area contributed by atoms with Crippen molar-refractivity contribution >= 4 is 21.4 Å². The van der Waals surface area contributed by atoms with Gasteiger partial charge in [-0.05, 0) is 19.1 Å². The predicted molar refractivity (Wildman–Crippen MR) is 59.7 cm³/mol. The Balaban J connectivity index is 2.72. The van der Waals surface area contributed by atoms with E-state index in [2.05, 4.69) is 13.0 Å². The van der Waals surface area contributed by atoms with Crippen molar-refractivity contribution in [3.8, 4) is 11.5 Å². The number of methoxy groups -OCH3 is 2. The number of benzene rings is 1. The van der Waals surface area contributed by atoms with E-state index in [1.54, 1.807) is 25.6 Å². The minimum atomic E-state index is 0.844. The number of thiophene rings is 1. The van der Waals surface area contributed by atoms with Crippen molar-refractivity contribution in [2.24, 2.45) is 0 Å². The molecule has 0 aliphatic carbocycles. The second kappa shape index (κ2) is 3.50. The van der Waals surface area contributed by atoms with Gasteiger partial charge in [-0.1, -0.05) is 0 Å². The first kappa shape index (κ1) is 9.34. The number of hydrogen-bond acceptors (Lipinski definition) is 3. The van der Waals surface area contributed by atoms with Crippen molar-refractivity contribution in [2.45, 2.75) is 6.92 Å². The van der Waals surface area contributed by atoms with Crippen LogP contribution in [0, 0.1) is 6.92 Å². The van der Waals surface area contributed by atoms with Crippen LogP contribution in [0.4, 0.5) is 0 Å². The van der Waals surface area contributed by atoms with Gasteiger partial charge in [0.05, 0.1) is 14.2 Å². The Morgan fingerprint density at radius 3 is 2.50 bits per heavy atom. The smallest absolute Gasteiger partial charge is 0.131 e. The van der Waals surface area contributed by atoms with Crippen LogP contribution in [-0.2, 0) is 0 Å². The molecule has 0 bridgehead atoms. The molecule has 1 aromatic carbocycles. The maximum Gasteiger partial charge on any atom is 0.131 e. The quantitative estimate of drug-likeness (QED) is 0.754. The van der Waals surface area contributed by atoms with Crippen molar-refractivity contribution in [3.63, 3.8) is 0 Å². The van der Waals surface area contributed by atoms with Crippen LogP contribution in [0.2, 0.25) is 0 Å². The zero-order valence-corrected chi connectivity index (χ0v) is 9.27. The van der Waals surface area contributed by atoms with Gasteiger partial charge in [-0.3, -0.25) is 0 Å². The third-order valence-corrected chi connectivity index (χ3v) is 3.15. The minimum Gasteiger partial charge on any atom is -0.497 e. The van der Waals surface area contributed by atoms with E-state index in [0.717, 1.165) is 16.9 Å². The molecule has 1 heterocycles. The molecule has 2 aromatic rings. The summed E-state index contributed by atoms with van der Waals surface area (Å²) in [5.74, 6) is 1.72. The zero-order valence-electron chi connectivity index (χ0n) is 8.46. The Hall–Kier alpha value is -1.22. The first-order valence-corrected chi connectivity index (χ1v) is 5.18. The molecule has 0 saturated heterocycles. The molecular weight excluding hydrogens is 196 g/mol. The third-order valence-electron chi connectivity index (χ3n) is 2.15. The number of ether oxygens (including phenoxy) is 2. The molecule has 2 nitrogen and oxygen atoms in total. The van der Waals surface area contributed by atoms with Gasteiger partial charge in [0.15, 0.2) is 0 Å². The number of hydrogen-bond donors (Lipinski definition) is 0. The maximum atomic E-state index is 5.31. The van der Waals surface area contributed by atoms with Gasteiger partial charge in [0.2, 0.25) is 0 Å². The third kappa shape index (κ3) is 1.44. The Morgan fingerprint density at radius 2 is 1.86 bits per heavy atom. The molecule has 0 fully saturated rings. The Bertz CT molecular complexity index is 460. The summed E-state index contributed by atoms with van der Waals surface area (Å²) in [4.78, 5) is 1.28. The molecule has 0 unspecified atom stereocenters. The van der Waals surface area contributed by atoms with Crippen LogP contribution >= 0.6 is 11.3 Å². The highest BCUT2D eigenvalue weighted by molar-refractivity contribution is 7.19. The first-order valence-electron chi connectivity index (χ1n) is 4.37. The van der Waals surface area contributed by atoms with Gasteiger partial charge < -0.3 is 9.47 Å². The van der Waals surface area contributed by atoms with Gasteiger partial charge in [-0.2, -0.15) is 0 Å². The lowest BCUT2D eigenvalue weighted by Gasteiger charge is -2.04. The summed E-state index contributed by atoms with van der Waals surface area (Å²) in [6.07, 6.45) is 0. The molecule has 74 valence electrons. The molecule has 14 heavy (non-hydrogen) atoms. The van der Waals surface area contributed by atoms with Gasteiger partial charge in [0.1, 0.15) is 11.5 Å². The molecule has 0 aliphatic heterocycles. The fourth-order valence-electron chi connectivity index (χ4n) is 1.50. The highest BCUT2D eigenvalue weighted by atomic mass is 32.1. The summed E-state index contributed by atoms with van der Waals surface area (Å²) in [5, 5.41) is 1.16. The second-order valence-electron chi connectivity index (χ2n) is 3.10. The molecule has 2 rings (SSSR count). The van der Waals surface area contributed by atoms with Crippen LogP contribution < -0.4 is 9.47 Å². The van der Waals surface area contributed by atoms with E-state index in [1.165, 1.54) is 9.58 Å².